The van der Waals surface area contributed by atoms with Crippen molar-refractivity contribution in [2.24, 2.45) is 7.05 Å². The summed E-state index contributed by atoms with van der Waals surface area (Å²) < 4.78 is 1.81. The molecule has 1 saturated carbocycles. The SMILES string of the molecule is Cc1c(CNC(=O)C2(c3ccc(N)cc3)CC2)cnn1C. The van der Waals surface area contributed by atoms with E-state index in [1.165, 1.54) is 0 Å². The van der Waals surface area contributed by atoms with Crippen LogP contribution in [0.15, 0.2) is 30.5 Å². The van der Waals surface area contributed by atoms with E-state index in [0.29, 0.717) is 6.54 Å². The summed E-state index contributed by atoms with van der Waals surface area (Å²) in [6.07, 6.45) is 3.60. The number of nitrogens with one attached hydrogen (secondary N) is 1. The third-order valence-corrected chi connectivity index (χ3v) is 4.42. The Labute approximate surface area is 124 Å². The normalized spacial score (nSPS) is 15.7. The molecule has 1 amide bonds. The van der Waals surface area contributed by atoms with Crippen LogP contribution in [0, 0.1) is 6.92 Å². The number of nitrogen functional groups attached to an aromatic ring is 1. The topological polar surface area (TPSA) is 72.9 Å². The largest absolute Gasteiger partial charge is 0.399 e. The third kappa shape index (κ3) is 2.39. The number of hydrogen-bond acceptors (Lipinski definition) is 3. The van der Waals surface area contributed by atoms with Crippen LogP contribution in [0.1, 0.15) is 29.7 Å². The highest BCUT2D eigenvalue weighted by molar-refractivity contribution is 5.91. The fraction of sp³-hybridized carbons (Fsp3) is 0.375. The van der Waals surface area contributed by atoms with Crippen LogP contribution in [0.2, 0.25) is 0 Å². The van der Waals surface area contributed by atoms with Gasteiger partial charge in [-0.15, -0.1) is 0 Å². The van der Waals surface area contributed by atoms with Crippen molar-refractivity contribution in [3.63, 3.8) is 0 Å². The van der Waals surface area contributed by atoms with Crippen LogP contribution in [0.5, 0.6) is 0 Å². The van der Waals surface area contributed by atoms with E-state index in [1.54, 1.807) is 6.20 Å². The van der Waals surface area contributed by atoms with Crippen molar-refractivity contribution in [3.05, 3.63) is 47.3 Å². The number of amides is 1. The lowest BCUT2D eigenvalue weighted by Crippen LogP contribution is -2.34. The molecule has 1 aromatic carbocycles. The predicted octanol–water partition coefficient (Wildman–Crippen LogP) is 1.66. The van der Waals surface area contributed by atoms with Gasteiger partial charge in [0, 0.05) is 30.5 Å². The number of aromatic nitrogens is 2. The number of carbonyl (C=O) groups excluding carboxylic acids is 1. The first-order valence-corrected chi connectivity index (χ1v) is 7.15. The zero-order valence-corrected chi connectivity index (χ0v) is 12.4. The molecule has 110 valence electrons. The van der Waals surface area contributed by atoms with Gasteiger partial charge in [-0.05, 0) is 37.5 Å². The minimum Gasteiger partial charge on any atom is -0.399 e. The Hall–Kier alpha value is -2.30. The van der Waals surface area contributed by atoms with Gasteiger partial charge in [-0.3, -0.25) is 9.48 Å². The number of nitrogens with zero attached hydrogens (tertiary/aromatic N) is 2. The monoisotopic (exact) mass is 284 g/mol. The molecule has 5 nitrogen and oxygen atoms in total. The fourth-order valence-electron chi connectivity index (χ4n) is 2.64. The van der Waals surface area contributed by atoms with Crippen molar-refractivity contribution in [2.45, 2.75) is 31.7 Å². The van der Waals surface area contributed by atoms with Gasteiger partial charge in [-0.25, -0.2) is 0 Å². The maximum absolute atomic E-state index is 12.5. The molecule has 0 unspecified atom stereocenters. The van der Waals surface area contributed by atoms with Gasteiger partial charge < -0.3 is 11.1 Å². The van der Waals surface area contributed by atoms with Gasteiger partial charge in [0.05, 0.1) is 11.6 Å². The lowest BCUT2D eigenvalue weighted by molar-refractivity contribution is -0.123. The third-order valence-electron chi connectivity index (χ3n) is 4.42. The van der Waals surface area contributed by atoms with Crippen LogP contribution in [0.3, 0.4) is 0 Å². The highest BCUT2D eigenvalue weighted by Gasteiger charge is 2.51. The van der Waals surface area contributed by atoms with E-state index < -0.39 is 0 Å². The van der Waals surface area contributed by atoms with Gasteiger partial charge in [0.1, 0.15) is 0 Å². The highest BCUT2D eigenvalue weighted by Crippen LogP contribution is 2.48. The predicted molar refractivity (Wildman–Crippen MR) is 81.6 cm³/mol. The molecular formula is C16H20N4O. The molecule has 3 rings (SSSR count). The first-order chi connectivity index (χ1) is 10.0. The summed E-state index contributed by atoms with van der Waals surface area (Å²) in [5.41, 5.74) is 9.26. The summed E-state index contributed by atoms with van der Waals surface area (Å²) in [6.45, 7) is 2.52. The Morgan fingerprint density at radius 2 is 2.05 bits per heavy atom. The van der Waals surface area contributed by atoms with E-state index in [1.807, 2.05) is 42.9 Å². The molecule has 1 aromatic heterocycles. The van der Waals surface area contributed by atoms with Crippen molar-refractivity contribution in [3.8, 4) is 0 Å². The number of rotatable bonds is 4. The molecule has 0 radical (unpaired) electrons. The average Bonchev–Trinajstić information content (AvgIpc) is 3.22. The second-order valence-corrected chi connectivity index (χ2v) is 5.77. The van der Waals surface area contributed by atoms with Crippen molar-refractivity contribution in [1.82, 2.24) is 15.1 Å². The molecular weight excluding hydrogens is 264 g/mol. The fourth-order valence-corrected chi connectivity index (χ4v) is 2.64. The average molecular weight is 284 g/mol. The zero-order chi connectivity index (χ0) is 15.0. The molecule has 5 heteroatoms. The van der Waals surface area contributed by atoms with Gasteiger partial charge in [0.25, 0.3) is 0 Å². The van der Waals surface area contributed by atoms with Crippen molar-refractivity contribution in [2.75, 3.05) is 5.73 Å². The quantitative estimate of drug-likeness (QED) is 0.839. The summed E-state index contributed by atoms with van der Waals surface area (Å²) in [5, 5.41) is 7.24. The molecule has 0 spiro atoms. The van der Waals surface area contributed by atoms with Gasteiger partial charge in [-0.2, -0.15) is 5.10 Å². The second kappa shape index (κ2) is 4.91. The molecule has 3 N–H and O–H groups in total. The van der Waals surface area contributed by atoms with Gasteiger partial charge >= 0.3 is 0 Å². The van der Waals surface area contributed by atoms with E-state index in [4.69, 9.17) is 5.73 Å². The van der Waals surface area contributed by atoms with E-state index in [2.05, 4.69) is 10.4 Å². The van der Waals surface area contributed by atoms with E-state index >= 15 is 0 Å². The zero-order valence-electron chi connectivity index (χ0n) is 12.4. The second-order valence-electron chi connectivity index (χ2n) is 5.77. The van der Waals surface area contributed by atoms with Gasteiger partial charge in [0.15, 0.2) is 0 Å². The highest BCUT2D eigenvalue weighted by atomic mass is 16.2. The van der Waals surface area contributed by atoms with Crippen LogP contribution < -0.4 is 11.1 Å². The lowest BCUT2D eigenvalue weighted by atomic mass is 9.94. The van der Waals surface area contributed by atoms with Crippen LogP contribution in [0.25, 0.3) is 0 Å². The van der Waals surface area contributed by atoms with E-state index in [-0.39, 0.29) is 11.3 Å². The van der Waals surface area contributed by atoms with Crippen LogP contribution in [0.4, 0.5) is 5.69 Å². The summed E-state index contributed by atoms with van der Waals surface area (Å²) >= 11 is 0. The van der Waals surface area contributed by atoms with Gasteiger partial charge in [-0.1, -0.05) is 12.1 Å². The summed E-state index contributed by atoms with van der Waals surface area (Å²) in [5.74, 6) is 0.0931. The Balaban J connectivity index is 1.70. The molecule has 0 atom stereocenters. The van der Waals surface area contributed by atoms with Crippen LogP contribution in [-0.2, 0) is 23.8 Å². The van der Waals surface area contributed by atoms with Crippen molar-refractivity contribution < 1.29 is 4.79 Å². The molecule has 0 saturated heterocycles. The maximum atomic E-state index is 12.5. The molecule has 1 heterocycles. The first-order valence-electron chi connectivity index (χ1n) is 7.15. The summed E-state index contributed by atoms with van der Waals surface area (Å²) in [7, 11) is 1.90. The van der Waals surface area contributed by atoms with Crippen molar-refractivity contribution >= 4 is 11.6 Å². The molecule has 1 aliphatic carbocycles. The van der Waals surface area contributed by atoms with E-state index in [0.717, 1.165) is 35.3 Å². The lowest BCUT2D eigenvalue weighted by Gasteiger charge is -2.16. The first kappa shape index (κ1) is 13.7. The maximum Gasteiger partial charge on any atom is 0.230 e. The summed E-state index contributed by atoms with van der Waals surface area (Å²) in [6, 6.07) is 7.62. The standard InChI is InChI=1S/C16H20N4O/c1-11-12(10-19-20(11)2)9-18-15(21)16(7-8-16)13-3-5-14(17)6-4-13/h3-6,10H,7-9,17H2,1-2H3,(H,18,21). The Morgan fingerprint density at radius 1 is 1.38 bits per heavy atom. The van der Waals surface area contributed by atoms with Crippen molar-refractivity contribution in [1.29, 1.82) is 0 Å². The minimum atomic E-state index is -0.357. The van der Waals surface area contributed by atoms with Crippen LogP contribution in [-0.4, -0.2) is 15.7 Å². The van der Waals surface area contributed by atoms with E-state index in [9.17, 15) is 4.79 Å². The molecule has 1 fully saturated rings. The Kier molecular flexibility index (Phi) is 3.20. The number of aryl methyl sites for hydroxylation is 1. The number of carbonyl (C=O) groups is 1. The smallest absolute Gasteiger partial charge is 0.230 e. The molecule has 21 heavy (non-hydrogen) atoms. The minimum absolute atomic E-state index is 0.0931. The molecule has 1 aliphatic rings. The van der Waals surface area contributed by atoms with Gasteiger partial charge in [0.2, 0.25) is 5.91 Å². The number of benzene rings is 1. The Morgan fingerprint density at radius 3 is 2.57 bits per heavy atom. The molecule has 0 aliphatic heterocycles. The number of nitrogens with two attached hydrogens (primary N) is 1. The number of hydrogen-bond donors (Lipinski definition) is 2. The Bertz CT molecular complexity index is 668. The summed E-state index contributed by atoms with van der Waals surface area (Å²) in [4.78, 5) is 12.5. The molecule has 0 bridgehead atoms. The number of anilines is 1. The van der Waals surface area contributed by atoms with Crippen LogP contribution >= 0.6 is 0 Å². The molecule has 2 aromatic rings.